The van der Waals surface area contributed by atoms with Crippen molar-refractivity contribution in [2.75, 3.05) is 13.2 Å². The van der Waals surface area contributed by atoms with E-state index in [0.29, 0.717) is 12.1 Å². The largest absolute Gasteiger partial charge is 0.416 e. The molecule has 3 rings (SSSR count). The molecular formula is C14H11F6NO2. The van der Waals surface area contributed by atoms with Crippen LogP contribution in [0.3, 0.4) is 0 Å². The van der Waals surface area contributed by atoms with E-state index in [1.54, 1.807) is 0 Å². The van der Waals surface area contributed by atoms with E-state index in [9.17, 15) is 31.1 Å². The highest BCUT2D eigenvalue weighted by Gasteiger charge is 2.69. The molecule has 0 bridgehead atoms. The summed E-state index contributed by atoms with van der Waals surface area (Å²) in [4.78, 5) is 12.4. The van der Waals surface area contributed by atoms with Gasteiger partial charge in [0.2, 0.25) is 0 Å². The lowest BCUT2D eigenvalue weighted by atomic mass is 9.95. The van der Waals surface area contributed by atoms with Crippen LogP contribution >= 0.6 is 0 Å². The predicted octanol–water partition coefficient (Wildman–Crippen LogP) is 2.88. The molecule has 3 nitrogen and oxygen atoms in total. The molecule has 2 atom stereocenters. The Morgan fingerprint density at radius 1 is 1.00 bits per heavy atom. The predicted molar refractivity (Wildman–Crippen MR) is 65.5 cm³/mol. The van der Waals surface area contributed by atoms with Gasteiger partial charge in [0.25, 0.3) is 0 Å². The Labute approximate surface area is 126 Å². The molecule has 1 aliphatic heterocycles. The highest BCUT2D eigenvalue weighted by molar-refractivity contribution is 6.06. The van der Waals surface area contributed by atoms with Crippen molar-refractivity contribution in [3.63, 3.8) is 0 Å². The van der Waals surface area contributed by atoms with Crippen molar-refractivity contribution in [2.45, 2.75) is 17.9 Å². The number of rotatable bonds is 2. The summed E-state index contributed by atoms with van der Waals surface area (Å²) in [6.45, 7) is 0.357. The summed E-state index contributed by atoms with van der Waals surface area (Å²) in [7, 11) is 0. The van der Waals surface area contributed by atoms with Gasteiger partial charge in [0.15, 0.2) is 5.78 Å². The van der Waals surface area contributed by atoms with Gasteiger partial charge < -0.3 is 10.5 Å². The molecule has 0 radical (unpaired) electrons. The third-order valence-corrected chi connectivity index (χ3v) is 4.44. The molecule has 2 N–H and O–H groups in total. The van der Waals surface area contributed by atoms with Crippen LogP contribution in [0.5, 0.6) is 0 Å². The molecule has 0 aromatic heterocycles. The third-order valence-electron chi connectivity index (χ3n) is 4.44. The Morgan fingerprint density at radius 2 is 1.43 bits per heavy atom. The van der Waals surface area contributed by atoms with Crippen LogP contribution in [-0.2, 0) is 17.1 Å². The first-order valence-corrected chi connectivity index (χ1v) is 6.66. The van der Waals surface area contributed by atoms with Crippen molar-refractivity contribution < 1.29 is 35.9 Å². The first-order valence-electron chi connectivity index (χ1n) is 6.66. The zero-order valence-electron chi connectivity index (χ0n) is 11.5. The summed E-state index contributed by atoms with van der Waals surface area (Å²) in [6, 6.07) is 0.818. The van der Waals surface area contributed by atoms with Crippen molar-refractivity contribution in [3.05, 3.63) is 34.9 Å². The average Bonchev–Trinajstić information content (AvgIpc) is 2.83. The van der Waals surface area contributed by atoms with Crippen molar-refractivity contribution in [2.24, 2.45) is 17.6 Å². The van der Waals surface area contributed by atoms with Gasteiger partial charge in [-0.15, -0.1) is 0 Å². The molecule has 2 fully saturated rings. The van der Waals surface area contributed by atoms with Gasteiger partial charge in [-0.05, 0) is 18.2 Å². The van der Waals surface area contributed by atoms with E-state index in [4.69, 9.17) is 10.5 Å². The van der Waals surface area contributed by atoms with Gasteiger partial charge in [0, 0.05) is 17.4 Å². The average molecular weight is 339 g/mol. The monoisotopic (exact) mass is 339 g/mol. The zero-order valence-corrected chi connectivity index (χ0v) is 11.5. The fourth-order valence-electron chi connectivity index (χ4n) is 3.07. The maximum absolute atomic E-state index is 12.8. The molecular weight excluding hydrogens is 328 g/mol. The summed E-state index contributed by atoms with van der Waals surface area (Å²) in [6.07, 6.45) is -10.00. The van der Waals surface area contributed by atoms with Gasteiger partial charge >= 0.3 is 12.4 Å². The summed E-state index contributed by atoms with van der Waals surface area (Å²) >= 11 is 0. The minimum Gasteiger partial charge on any atom is -0.381 e. The van der Waals surface area contributed by atoms with Crippen LogP contribution in [-0.4, -0.2) is 24.5 Å². The lowest BCUT2D eigenvalue weighted by Crippen LogP contribution is -2.40. The third kappa shape index (κ3) is 2.51. The van der Waals surface area contributed by atoms with E-state index in [1.165, 1.54) is 0 Å². The smallest absolute Gasteiger partial charge is 0.381 e. The highest BCUT2D eigenvalue weighted by Crippen LogP contribution is 2.54. The van der Waals surface area contributed by atoms with Crippen molar-refractivity contribution in [1.29, 1.82) is 0 Å². The molecule has 1 heterocycles. The molecule has 1 aromatic carbocycles. The summed E-state index contributed by atoms with van der Waals surface area (Å²) in [5.74, 6) is -1.63. The van der Waals surface area contributed by atoms with Crippen LogP contribution < -0.4 is 5.73 Å². The second-order valence-electron chi connectivity index (χ2n) is 5.81. The summed E-state index contributed by atoms with van der Waals surface area (Å²) in [5, 5.41) is 0. The summed E-state index contributed by atoms with van der Waals surface area (Å²) < 4.78 is 81.9. The topological polar surface area (TPSA) is 52.3 Å². The number of hydrogen-bond acceptors (Lipinski definition) is 3. The molecule has 1 aromatic rings. The van der Waals surface area contributed by atoms with Gasteiger partial charge in [0.05, 0.1) is 29.9 Å². The fourth-order valence-corrected chi connectivity index (χ4v) is 3.07. The number of hydrogen-bond donors (Lipinski definition) is 1. The molecule has 126 valence electrons. The second-order valence-corrected chi connectivity index (χ2v) is 5.81. The molecule has 9 heteroatoms. The Bertz CT molecular complexity index is 624. The van der Waals surface area contributed by atoms with Crippen LogP contribution in [0.1, 0.15) is 21.5 Å². The van der Waals surface area contributed by atoms with E-state index in [1.807, 2.05) is 0 Å². The number of ether oxygens (including phenoxy) is 1. The Balaban J connectivity index is 2.03. The number of nitrogens with two attached hydrogens (primary N) is 1. The minimum atomic E-state index is -5.00. The SMILES string of the molecule is NC1(C(=O)c2cc(C(F)(F)F)cc(C(F)(F)F)c2)C2COCC21. The molecule has 1 aliphatic carbocycles. The molecule has 2 aliphatic rings. The van der Waals surface area contributed by atoms with Gasteiger partial charge in [-0.3, -0.25) is 4.79 Å². The maximum Gasteiger partial charge on any atom is 0.416 e. The Kier molecular flexibility index (Phi) is 3.32. The highest BCUT2D eigenvalue weighted by atomic mass is 19.4. The number of alkyl halides is 6. The second kappa shape index (κ2) is 4.70. The quantitative estimate of drug-likeness (QED) is 0.666. The number of carbonyl (C=O) groups is 1. The number of Topliss-reactive ketones (excluding diaryl/α,β-unsaturated/α-hetero) is 1. The Hall–Kier alpha value is -1.61. The number of halogens is 6. The van der Waals surface area contributed by atoms with Gasteiger partial charge in [-0.25, -0.2) is 0 Å². The minimum absolute atomic E-state index is 0.0171. The van der Waals surface area contributed by atoms with E-state index in [2.05, 4.69) is 0 Å². The lowest BCUT2D eigenvalue weighted by Gasteiger charge is -2.18. The number of carbonyl (C=O) groups excluding carboxylic acids is 1. The van der Waals surface area contributed by atoms with E-state index in [-0.39, 0.29) is 31.1 Å². The number of benzene rings is 1. The van der Waals surface area contributed by atoms with Crippen molar-refractivity contribution >= 4 is 5.78 Å². The van der Waals surface area contributed by atoms with E-state index in [0.717, 1.165) is 0 Å². The van der Waals surface area contributed by atoms with Crippen molar-refractivity contribution in [1.82, 2.24) is 0 Å². The van der Waals surface area contributed by atoms with Gasteiger partial charge in [0.1, 0.15) is 0 Å². The van der Waals surface area contributed by atoms with Gasteiger partial charge in [-0.1, -0.05) is 0 Å². The molecule has 1 saturated heterocycles. The van der Waals surface area contributed by atoms with E-state index < -0.39 is 40.4 Å². The van der Waals surface area contributed by atoms with E-state index >= 15 is 0 Å². The molecule has 23 heavy (non-hydrogen) atoms. The summed E-state index contributed by atoms with van der Waals surface area (Å²) in [5.41, 5.74) is 0.729. The van der Waals surface area contributed by atoms with Crippen LogP contribution in [0, 0.1) is 11.8 Å². The van der Waals surface area contributed by atoms with Crippen LogP contribution in [0.25, 0.3) is 0 Å². The fraction of sp³-hybridized carbons (Fsp3) is 0.500. The van der Waals surface area contributed by atoms with Crippen molar-refractivity contribution in [3.8, 4) is 0 Å². The number of fused-ring (bicyclic) bond motifs is 1. The standard InChI is InChI=1S/C14H11F6NO2/c15-13(16,17)7-1-6(2-8(3-7)14(18,19)20)11(22)12(21)9-4-23-5-10(9)12/h1-3,9-10H,4-5,21H2. The molecule has 1 saturated carbocycles. The Morgan fingerprint density at radius 3 is 1.83 bits per heavy atom. The first-order chi connectivity index (χ1) is 10.5. The molecule has 2 unspecified atom stereocenters. The van der Waals surface area contributed by atoms with Gasteiger partial charge in [-0.2, -0.15) is 26.3 Å². The molecule has 0 spiro atoms. The van der Waals surface area contributed by atoms with Crippen LogP contribution in [0.4, 0.5) is 26.3 Å². The van der Waals surface area contributed by atoms with Crippen LogP contribution in [0.15, 0.2) is 18.2 Å². The maximum atomic E-state index is 12.8. The zero-order chi connectivity index (χ0) is 17.2. The van der Waals surface area contributed by atoms with Crippen LogP contribution in [0.2, 0.25) is 0 Å². The first kappa shape index (κ1) is 16.3. The molecule has 0 amide bonds. The lowest BCUT2D eigenvalue weighted by molar-refractivity contribution is -0.143. The normalized spacial score (nSPS) is 30.2. The number of ketones is 1.